The van der Waals surface area contributed by atoms with Gasteiger partial charge in [-0.2, -0.15) is 0 Å². The predicted octanol–water partition coefficient (Wildman–Crippen LogP) is 2.99. The number of ether oxygens (including phenoxy) is 1. The van der Waals surface area contributed by atoms with Crippen LogP contribution in [0.2, 0.25) is 0 Å². The van der Waals surface area contributed by atoms with E-state index in [0.29, 0.717) is 12.2 Å². The lowest BCUT2D eigenvalue weighted by Gasteiger charge is -2.24. The van der Waals surface area contributed by atoms with Gasteiger partial charge in [-0.1, -0.05) is 0 Å². The Labute approximate surface area is 108 Å². The summed E-state index contributed by atoms with van der Waals surface area (Å²) in [4.78, 5) is 13.6. The van der Waals surface area contributed by atoms with Crippen LogP contribution in [0.25, 0.3) is 0 Å². The van der Waals surface area contributed by atoms with Gasteiger partial charge in [-0.15, -0.1) is 0 Å². The van der Waals surface area contributed by atoms with Gasteiger partial charge < -0.3 is 9.64 Å². The Hall–Kier alpha value is -1.42. The molecular formula is C14H20FNO2. The molecule has 4 heteroatoms. The van der Waals surface area contributed by atoms with Gasteiger partial charge in [0, 0.05) is 12.2 Å². The number of halogens is 1. The fourth-order valence-corrected chi connectivity index (χ4v) is 1.48. The number of likely N-dealkylation sites (N-methyl/N-ethyl adjacent to an activating group) is 1. The Morgan fingerprint density at radius 3 is 2.28 bits per heavy atom. The molecule has 1 amide bonds. The molecule has 3 nitrogen and oxygen atoms in total. The van der Waals surface area contributed by atoms with Crippen LogP contribution in [0.1, 0.15) is 27.7 Å². The van der Waals surface area contributed by atoms with Crippen LogP contribution in [0, 0.1) is 5.82 Å². The van der Waals surface area contributed by atoms with E-state index in [1.54, 1.807) is 17.0 Å². The topological polar surface area (TPSA) is 29.5 Å². The standard InChI is InChI=1S/C14H20FNO2/c1-5-16(12-8-6-11(15)7-9-12)13(17)10-18-14(2,3)4/h6-9H,5,10H2,1-4H3. The van der Waals surface area contributed by atoms with Crippen molar-refractivity contribution in [2.24, 2.45) is 0 Å². The van der Waals surface area contributed by atoms with Gasteiger partial charge in [0.15, 0.2) is 0 Å². The SMILES string of the molecule is CCN(C(=O)COC(C)(C)C)c1ccc(F)cc1. The number of hydrogen-bond acceptors (Lipinski definition) is 2. The molecule has 1 aromatic carbocycles. The van der Waals surface area contributed by atoms with Gasteiger partial charge in [-0.05, 0) is 52.0 Å². The summed E-state index contributed by atoms with van der Waals surface area (Å²) >= 11 is 0. The minimum absolute atomic E-state index is 0.0225. The van der Waals surface area contributed by atoms with Gasteiger partial charge in [0.25, 0.3) is 5.91 Å². The first-order chi connectivity index (χ1) is 8.33. The number of amides is 1. The number of carbonyl (C=O) groups excluding carboxylic acids is 1. The Morgan fingerprint density at radius 1 is 1.28 bits per heavy atom. The highest BCUT2D eigenvalue weighted by Gasteiger charge is 2.18. The van der Waals surface area contributed by atoms with Gasteiger partial charge in [0.05, 0.1) is 5.60 Å². The summed E-state index contributed by atoms with van der Waals surface area (Å²) in [6.45, 7) is 8.11. The first-order valence-corrected chi connectivity index (χ1v) is 6.03. The maximum Gasteiger partial charge on any atom is 0.252 e. The van der Waals surface area contributed by atoms with Crippen molar-refractivity contribution in [3.63, 3.8) is 0 Å². The summed E-state index contributed by atoms with van der Waals surface area (Å²) in [5.74, 6) is -0.438. The van der Waals surface area contributed by atoms with Crippen LogP contribution in [-0.2, 0) is 9.53 Å². The molecule has 0 aliphatic carbocycles. The summed E-state index contributed by atoms with van der Waals surface area (Å²) in [6, 6.07) is 5.87. The van der Waals surface area contributed by atoms with Gasteiger partial charge in [0.2, 0.25) is 0 Å². The third-order valence-electron chi connectivity index (χ3n) is 2.38. The molecule has 0 radical (unpaired) electrons. The monoisotopic (exact) mass is 253 g/mol. The molecule has 0 heterocycles. The average Bonchev–Trinajstić information content (AvgIpc) is 2.29. The second-order valence-corrected chi connectivity index (χ2v) is 5.02. The summed E-state index contributed by atoms with van der Waals surface area (Å²) in [5, 5.41) is 0. The van der Waals surface area contributed by atoms with E-state index in [4.69, 9.17) is 4.74 Å². The van der Waals surface area contributed by atoms with Crippen LogP contribution in [0.3, 0.4) is 0 Å². The molecule has 0 unspecified atom stereocenters. The number of benzene rings is 1. The zero-order valence-corrected chi connectivity index (χ0v) is 11.4. The molecular weight excluding hydrogens is 233 g/mol. The van der Waals surface area contributed by atoms with Crippen molar-refractivity contribution in [1.82, 2.24) is 0 Å². The van der Waals surface area contributed by atoms with E-state index in [1.807, 2.05) is 27.7 Å². The Morgan fingerprint density at radius 2 is 1.83 bits per heavy atom. The summed E-state index contributed by atoms with van der Waals surface area (Å²) < 4.78 is 18.3. The van der Waals surface area contributed by atoms with Gasteiger partial charge in [-0.25, -0.2) is 4.39 Å². The fourth-order valence-electron chi connectivity index (χ4n) is 1.48. The summed E-state index contributed by atoms with van der Waals surface area (Å²) in [7, 11) is 0. The molecule has 0 aromatic heterocycles. The Bertz CT molecular complexity index is 395. The highest BCUT2D eigenvalue weighted by molar-refractivity contribution is 5.94. The Kier molecular flexibility index (Phi) is 4.84. The normalized spacial score (nSPS) is 11.4. The maximum absolute atomic E-state index is 12.8. The van der Waals surface area contributed by atoms with Gasteiger partial charge in [0.1, 0.15) is 12.4 Å². The zero-order chi connectivity index (χ0) is 13.8. The minimum atomic E-state index is -0.349. The van der Waals surface area contributed by atoms with Crippen molar-refractivity contribution in [2.75, 3.05) is 18.1 Å². The van der Waals surface area contributed by atoms with Gasteiger partial charge >= 0.3 is 0 Å². The molecule has 0 N–H and O–H groups in total. The summed E-state index contributed by atoms with van der Waals surface area (Å²) in [6.07, 6.45) is 0. The van der Waals surface area contributed by atoms with E-state index in [2.05, 4.69) is 0 Å². The van der Waals surface area contributed by atoms with Crippen molar-refractivity contribution in [1.29, 1.82) is 0 Å². The number of nitrogens with zero attached hydrogens (tertiary/aromatic N) is 1. The number of carbonyl (C=O) groups is 1. The fraction of sp³-hybridized carbons (Fsp3) is 0.500. The zero-order valence-electron chi connectivity index (χ0n) is 11.4. The molecule has 18 heavy (non-hydrogen) atoms. The molecule has 0 spiro atoms. The van der Waals surface area contributed by atoms with E-state index >= 15 is 0 Å². The lowest BCUT2D eigenvalue weighted by molar-refractivity contribution is -0.127. The molecule has 0 aliphatic heterocycles. The smallest absolute Gasteiger partial charge is 0.252 e. The lowest BCUT2D eigenvalue weighted by Crippen LogP contribution is -2.36. The van der Waals surface area contributed by atoms with Crippen molar-refractivity contribution in [3.8, 4) is 0 Å². The van der Waals surface area contributed by atoms with E-state index in [9.17, 15) is 9.18 Å². The molecule has 0 bridgehead atoms. The van der Waals surface area contributed by atoms with Crippen molar-refractivity contribution < 1.29 is 13.9 Å². The van der Waals surface area contributed by atoms with E-state index in [0.717, 1.165) is 0 Å². The van der Waals surface area contributed by atoms with Crippen molar-refractivity contribution in [2.45, 2.75) is 33.3 Å². The van der Waals surface area contributed by atoms with Crippen LogP contribution < -0.4 is 4.90 Å². The van der Waals surface area contributed by atoms with Crippen LogP contribution in [-0.4, -0.2) is 24.7 Å². The van der Waals surface area contributed by atoms with Crippen LogP contribution in [0.5, 0.6) is 0 Å². The largest absolute Gasteiger partial charge is 0.366 e. The van der Waals surface area contributed by atoms with E-state index in [1.165, 1.54) is 12.1 Å². The predicted molar refractivity (Wildman–Crippen MR) is 70.1 cm³/mol. The quantitative estimate of drug-likeness (QED) is 0.825. The molecule has 0 saturated heterocycles. The van der Waals surface area contributed by atoms with Crippen molar-refractivity contribution >= 4 is 11.6 Å². The van der Waals surface area contributed by atoms with Crippen LogP contribution >= 0.6 is 0 Å². The number of rotatable bonds is 4. The lowest BCUT2D eigenvalue weighted by atomic mass is 10.2. The number of anilines is 1. The van der Waals surface area contributed by atoms with Crippen molar-refractivity contribution in [3.05, 3.63) is 30.1 Å². The van der Waals surface area contributed by atoms with E-state index in [-0.39, 0.29) is 23.9 Å². The minimum Gasteiger partial charge on any atom is -0.366 e. The van der Waals surface area contributed by atoms with Gasteiger partial charge in [-0.3, -0.25) is 4.79 Å². The third kappa shape index (κ3) is 4.45. The second-order valence-electron chi connectivity index (χ2n) is 5.02. The molecule has 1 aromatic rings. The van der Waals surface area contributed by atoms with Crippen LogP contribution in [0.4, 0.5) is 10.1 Å². The summed E-state index contributed by atoms with van der Waals surface area (Å²) in [5.41, 5.74) is 0.333. The molecule has 0 saturated carbocycles. The maximum atomic E-state index is 12.8. The first kappa shape index (κ1) is 14.6. The second kappa shape index (κ2) is 5.96. The molecule has 100 valence electrons. The Balaban J connectivity index is 2.71. The third-order valence-corrected chi connectivity index (χ3v) is 2.38. The molecule has 0 fully saturated rings. The van der Waals surface area contributed by atoms with Crippen LogP contribution in [0.15, 0.2) is 24.3 Å². The molecule has 0 aliphatic rings. The molecule has 0 atom stereocenters. The highest BCUT2D eigenvalue weighted by Crippen LogP contribution is 2.16. The molecule has 1 rings (SSSR count). The average molecular weight is 253 g/mol. The number of hydrogen-bond donors (Lipinski definition) is 0. The highest BCUT2D eigenvalue weighted by atomic mass is 19.1. The van der Waals surface area contributed by atoms with E-state index < -0.39 is 0 Å². The first-order valence-electron chi connectivity index (χ1n) is 6.03.